The van der Waals surface area contributed by atoms with Gasteiger partial charge in [-0.1, -0.05) is 6.92 Å². The Morgan fingerprint density at radius 2 is 2.00 bits per heavy atom. The Hall–Kier alpha value is -2.00. The van der Waals surface area contributed by atoms with Gasteiger partial charge in [-0.15, -0.1) is 0 Å². The number of hydrogen-bond donors (Lipinski definition) is 2. The smallest absolute Gasteiger partial charge is 0.335 e. The molecule has 1 rings (SSSR count). The summed E-state index contributed by atoms with van der Waals surface area (Å²) in [5, 5.41) is 11.0. The molecular formula is C12H15FN2O5S. The molecule has 7 nitrogen and oxygen atoms in total. The summed E-state index contributed by atoms with van der Waals surface area (Å²) in [4.78, 5) is 21.3. The van der Waals surface area contributed by atoms with Crippen LogP contribution < -0.4 is 5.32 Å². The molecule has 9 heteroatoms. The summed E-state index contributed by atoms with van der Waals surface area (Å²) in [5.41, 5.74) is -0.360. The molecule has 0 radical (unpaired) electrons. The van der Waals surface area contributed by atoms with Crippen LogP contribution in [0.15, 0.2) is 23.1 Å². The zero-order valence-electron chi connectivity index (χ0n) is 11.5. The summed E-state index contributed by atoms with van der Waals surface area (Å²) < 4.78 is 39.2. The number of hydrogen-bond acceptors (Lipinski definition) is 4. The maximum Gasteiger partial charge on any atom is 0.335 e. The fourth-order valence-corrected chi connectivity index (χ4v) is 3.04. The van der Waals surface area contributed by atoms with Gasteiger partial charge in [-0.05, 0) is 18.2 Å². The van der Waals surface area contributed by atoms with Gasteiger partial charge in [-0.3, -0.25) is 4.79 Å². The van der Waals surface area contributed by atoms with Crippen molar-refractivity contribution in [3.8, 4) is 0 Å². The minimum Gasteiger partial charge on any atom is -0.478 e. The SMILES string of the molecule is CCN(CC(=O)NC)S(=O)(=O)c1ccc(C(=O)O)cc1F. The van der Waals surface area contributed by atoms with E-state index < -0.39 is 39.2 Å². The molecular weight excluding hydrogens is 303 g/mol. The van der Waals surface area contributed by atoms with Gasteiger partial charge in [0.2, 0.25) is 15.9 Å². The summed E-state index contributed by atoms with van der Waals surface area (Å²) in [6.07, 6.45) is 0. The van der Waals surface area contributed by atoms with E-state index in [1.807, 2.05) is 0 Å². The lowest BCUT2D eigenvalue weighted by Gasteiger charge is -2.20. The maximum atomic E-state index is 13.9. The van der Waals surface area contributed by atoms with Gasteiger partial charge in [0.1, 0.15) is 10.7 Å². The molecule has 1 aromatic rings. The molecule has 0 fully saturated rings. The van der Waals surface area contributed by atoms with E-state index in [1.54, 1.807) is 0 Å². The second-order valence-corrected chi connectivity index (χ2v) is 5.96. The van der Waals surface area contributed by atoms with Crippen LogP contribution in [0.3, 0.4) is 0 Å². The number of likely N-dealkylation sites (N-methyl/N-ethyl adjacent to an activating group) is 2. The first-order valence-corrected chi connectivity index (χ1v) is 7.41. The predicted molar refractivity (Wildman–Crippen MR) is 71.9 cm³/mol. The molecule has 0 saturated carbocycles. The van der Waals surface area contributed by atoms with Crippen LogP contribution >= 0.6 is 0 Å². The van der Waals surface area contributed by atoms with Gasteiger partial charge in [0.15, 0.2) is 0 Å². The Balaban J connectivity index is 3.23. The Morgan fingerprint density at radius 1 is 1.38 bits per heavy atom. The van der Waals surface area contributed by atoms with E-state index in [2.05, 4.69) is 5.32 Å². The lowest BCUT2D eigenvalue weighted by molar-refractivity contribution is -0.120. The third kappa shape index (κ3) is 3.76. The molecule has 0 aromatic heterocycles. The van der Waals surface area contributed by atoms with Crippen molar-refractivity contribution >= 4 is 21.9 Å². The van der Waals surface area contributed by atoms with Crippen LogP contribution in [0, 0.1) is 5.82 Å². The monoisotopic (exact) mass is 318 g/mol. The van der Waals surface area contributed by atoms with Gasteiger partial charge in [0.05, 0.1) is 12.1 Å². The van der Waals surface area contributed by atoms with Gasteiger partial charge in [0, 0.05) is 13.6 Å². The van der Waals surface area contributed by atoms with E-state index in [-0.39, 0.29) is 12.1 Å². The quantitative estimate of drug-likeness (QED) is 0.784. The Labute approximate surface area is 121 Å². The number of nitrogens with one attached hydrogen (secondary N) is 1. The molecule has 0 aliphatic rings. The highest BCUT2D eigenvalue weighted by atomic mass is 32.2. The molecule has 0 atom stereocenters. The Kier molecular flexibility index (Phi) is 5.39. The third-order valence-electron chi connectivity index (χ3n) is 2.75. The average Bonchev–Trinajstić information content (AvgIpc) is 2.43. The molecule has 0 saturated heterocycles. The summed E-state index contributed by atoms with van der Waals surface area (Å²) >= 11 is 0. The number of rotatable bonds is 6. The zero-order valence-corrected chi connectivity index (χ0v) is 12.3. The van der Waals surface area contributed by atoms with Crippen LogP contribution in [0.25, 0.3) is 0 Å². The van der Waals surface area contributed by atoms with Gasteiger partial charge in [0.25, 0.3) is 0 Å². The van der Waals surface area contributed by atoms with E-state index in [0.717, 1.165) is 16.4 Å². The Morgan fingerprint density at radius 3 is 2.43 bits per heavy atom. The van der Waals surface area contributed by atoms with Gasteiger partial charge in [-0.25, -0.2) is 17.6 Å². The van der Waals surface area contributed by atoms with Crippen molar-refractivity contribution in [2.24, 2.45) is 0 Å². The van der Waals surface area contributed by atoms with Crippen LogP contribution in [0.4, 0.5) is 4.39 Å². The van der Waals surface area contributed by atoms with Crippen LogP contribution in [-0.2, 0) is 14.8 Å². The normalized spacial score (nSPS) is 11.4. The minimum absolute atomic E-state index is 0.0319. The molecule has 1 aromatic carbocycles. The van der Waals surface area contributed by atoms with Crippen molar-refractivity contribution in [1.29, 1.82) is 0 Å². The van der Waals surface area contributed by atoms with Gasteiger partial charge in [-0.2, -0.15) is 4.31 Å². The highest BCUT2D eigenvalue weighted by Crippen LogP contribution is 2.20. The zero-order chi connectivity index (χ0) is 16.2. The summed E-state index contributed by atoms with van der Waals surface area (Å²) in [7, 11) is -2.87. The molecule has 0 aliphatic carbocycles. The lowest BCUT2D eigenvalue weighted by Crippen LogP contribution is -2.39. The van der Waals surface area contributed by atoms with E-state index >= 15 is 0 Å². The Bertz CT molecular complexity index is 660. The maximum absolute atomic E-state index is 13.9. The standard InChI is InChI=1S/C12H15FN2O5S/c1-3-15(7-11(16)14-2)21(19,20)10-5-4-8(12(17)18)6-9(10)13/h4-6H,3,7H2,1-2H3,(H,14,16)(H,17,18). The summed E-state index contributed by atoms with van der Waals surface area (Å²) in [6, 6.07) is 2.50. The number of carboxylic acid groups (broad SMARTS) is 1. The van der Waals surface area contributed by atoms with Crippen molar-refractivity contribution in [1.82, 2.24) is 9.62 Å². The van der Waals surface area contributed by atoms with E-state index in [9.17, 15) is 22.4 Å². The fraction of sp³-hybridized carbons (Fsp3) is 0.333. The number of halogens is 1. The number of carbonyl (C=O) groups is 2. The van der Waals surface area contributed by atoms with Crippen molar-refractivity contribution in [2.75, 3.05) is 20.1 Å². The number of nitrogens with zero attached hydrogens (tertiary/aromatic N) is 1. The first kappa shape index (κ1) is 17.1. The van der Waals surface area contributed by atoms with Crippen LogP contribution in [0.1, 0.15) is 17.3 Å². The molecule has 21 heavy (non-hydrogen) atoms. The van der Waals surface area contributed by atoms with Crippen molar-refractivity contribution in [3.63, 3.8) is 0 Å². The van der Waals surface area contributed by atoms with Crippen LogP contribution in [0.2, 0.25) is 0 Å². The van der Waals surface area contributed by atoms with Crippen LogP contribution in [-0.4, -0.2) is 49.8 Å². The van der Waals surface area contributed by atoms with Crippen molar-refractivity contribution < 1.29 is 27.5 Å². The van der Waals surface area contributed by atoms with Gasteiger partial charge >= 0.3 is 5.97 Å². The molecule has 1 amide bonds. The highest BCUT2D eigenvalue weighted by Gasteiger charge is 2.28. The number of carboxylic acids is 1. The molecule has 0 spiro atoms. The molecule has 2 N–H and O–H groups in total. The molecule has 0 bridgehead atoms. The summed E-state index contributed by atoms with van der Waals surface area (Å²) in [5.74, 6) is -3.08. The molecule has 0 heterocycles. The fourth-order valence-electron chi connectivity index (χ4n) is 1.59. The van der Waals surface area contributed by atoms with E-state index in [4.69, 9.17) is 5.11 Å². The number of benzene rings is 1. The van der Waals surface area contributed by atoms with Crippen LogP contribution in [0.5, 0.6) is 0 Å². The van der Waals surface area contributed by atoms with Gasteiger partial charge < -0.3 is 10.4 Å². The van der Waals surface area contributed by atoms with Crippen molar-refractivity contribution in [3.05, 3.63) is 29.6 Å². The second-order valence-electron chi connectivity index (χ2n) is 4.05. The topological polar surface area (TPSA) is 104 Å². The first-order valence-electron chi connectivity index (χ1n) is 5.97. The second kappa shape index (κ2) is 6.64. The summed E-state index contributed by atoms with van der Waals surface area (Å²) in [6.45, 7) is 1.02. The predicted octanol–water partition coefficient (Wildman–Crippen LogP) is 0.281. The average molecular weight is 318 g/mol. The third-order valence-corrected chi connectivity index (χ3v) is 4.70. The minimum atomic E-state index is -4.22. The van der Waals surface area contributed by atoms with E-state index in [1.165, 1.54) is 14.0 Å². The lowest BCUT2D eigenvalue weighted by atomic mass is 10.2. The molecule has 116 valence electrons. The highest BCUT2D eigenvalue weighted by molar-refractivity contribution is 7.89. The molecule has 0 unspecified atom stereocenters. The number of carbonyl (C=O) groups excluding carboxylic acids is 1. The van der Waals surface area contributed by atoms with Crippen molar-refractivity contribution in [2.45, 2.75) is 11.8 Å². The number of aromatic carboxylic acids is 1. The number of amides is 1. The van der Waals surface area contributed by atoms with E-state index in [0.29, 0.717) is 6.07 Å². The first-order chi connectivity index (χ1) is 9.73. The molecule has 0 aliphatic heterocycles. The largest absolute Gasteiger partial charge is 0.478 e. The number of sulfonamides is 1.